The maximum absolute atomic E-state index is 12.0. The van der Waals surface area contributed by atoms with Gasteiger partial charge in [0.2, 0.25) is 10.0 Å². The molecule has 0 N–H and O–H groups in total. The van der Waals surface area contributed by atoms with Crippen molar-refractivity contribution in [1.29, 1.82) is 0 Å². The molecular weight excluding hydrogens is 250 g/mol. The third-order valence-corrected chi connectivity index (χ3v) is 4.72. The summed E-state index contributed by atoms with van der Waals surface area (Å²) in [4.78, 5) is 0. The number of hydrogen-bond acceptors (Lipinski definition) is 3. The number of rotatable bonds is 5. The molecule has 2 atom stereocenters. The number of morpholine rings is 1. The van der Waals surface area contributed by atoms with Crippen molar-refractivity contribution in [1.82, 2.24) is 4.31 Å². The van der Waals surface area contributed by atoms with E-state index in [2.05, 4.69) is 0 Å². The van der Waals surface area contributed by atoms with Crippen LogP contribution < -0.4 is 0 Å². The Morgan fingerprint density at radius 3 is 2.31 bits per heavy atom. The number of hydrogen-bond donors (Lipinski definition) is 0. The van der Waals surface area contributed by atoms with Crippen molar-refractivity contribution in [2.24, 2.45) is 0 Å². The lowest BCUT2D eigenvalue weighted by Crippen LogP contribution is -2.48. The third-order valence-electron chi connectivity index (χ3n) is 2.57. The van der Waals surface area contributed by atoms with Gasteiger partial charge in [-0.3, -0.25) is 0 Å². The smallest absolute Gasteiger partial charge is 0.214 e. The van der Waals surface area contributed by atoms with Crippen LogP contribution in [0, 0.1) is 0 Å². The van der Waals surface area contributed by atoms with E-state index < -0.39 is 10.0 Å². The SMILES string of the molecule is C[C@@H]1CN(S(=O)(=O)CCCCCl)C[C@H](C)O1. The van der Waals surface area contributed by atoms with Crippen molar-refractivity contribution >= 4 is 21.6 Å². The molecule has 1 aliphatic rings. The fourth-order valence-corrected chi connectivity index (χ4v) is 3.76. The number of ether oxygens (including phenoxy) is 1. The van der Waals surface area contributed by atoms with Crippen LogP contribution >= 0.6 is 11.6 Å². The maximum Gasteiger partial charge on any atom is 0.214 e. The van der Waals surface area contributed by atoms with Gasteiger partial charge in [-0.2, -0.15) is 4.31 Å². The Hall–Kier alpha value is 0.160. The van der Waals surface area contributed by atoms with Gasteiger partial charge < -0.3 is 4.74 Å². The van der Waals surface area contributed by atoms with Crippen LogP contribution in [-0.4, -0.2) is 49.7 Å². The van der Waals surface area contributed by atoms with Gasteiger partial charge in [0.1, 0.15) is 0 Å². The molecule has 0 aliphatic carbocycles. The van der Waals surface area contributed by atoms with Gasteiger partial charge >= 0.3 is 0 Å². The standard InChI is InChI=1S/C10H20ClNO3S/c1-9-7-12(8-10(2)15-9)16(13,14)6-4-3-5-11/h9-10H,3-8H2,1-2H3/t9-,10+. The van der Waals surface area contributed by atoms with Crippen molar-refractivity contribution in [3.05, 3.63) is 0 Å². The minimum Gasteiger partial charge on any atom is -0.373 e. The predicted molar refractivity (Wildman–Crippen MR) is 65.3 cm³/mol. The fraction of sp³-hybridized carbons (Fsp3) is 1.00. The zero-order valence-electron chi connectivity index (χ0n) is 9.86. The van der Waals surface area contributed by atoms with E-state index >= 15 is 0 Å². The number of alkyl halides is 1. The normalized spacial score (nSPS) is 28.2. The van der Waals surface area contributed by atoms with Gasteiger partial charge in [-0.15, -0.1) is 11.6 Å². The lowest BCUT2D eigenvalue weighted by Gasteiger charge is -2.34. The minimum atomic E-state index is -3.13. The van der Waals surface area contributed by atoms with Gasteiger partial charge in [0, 0.05) is 19.0 Å². The largest absolute Gasteiger partial charge is 0.373 e. The molecule has 1 heterocycles. The molecule has 1 aliphatic heterocycles. The van der Waals surface area contributed by atoms with Gasteiger partial charge in [0.15, 0.2) is 0 Å². The first-order valence-electron chi connectivity index (χ1n) is 5.65. The Kier molecular flexibility index (Phi) is 5.50. The lowest BCUT2D eigenvalue weighted by molar-refractivity contribution is -0.0440. The zero-order valence-corrected chi connectivity index (χ0v) is 11.4. The highest BCUT2D eigenvalue weighted by atomic mass is 35.5. The highest BCUT2D eigenvalue weighted by molar-refractivity contribution is 7.89. The Balaban J connectivity index is 2.53. The molecule has 0 bridgehead atoms. The second-order valence-corrected chi connectivity index (χ2v) is 6.75. The average Bonchev–Trinajstić information content (AvgIpc) is 2.16. The molecule has 96 valence electrons. The summed E-state index contributed by atoms with van der Waals surface area (Å²) >= 11 is 5.53. The summed E-state index contributed by atoms with van der Waals surface area (Å²) in [6, 6.07) is 0. The molecule has 0 aromatic heterocycles. The van der Waals surface area contributed by atoms with Crippen LogP contribution in [0.25, 0.3) is 0 Å². The van der Waals surface area contributed by atoms with Gasteiger partial charge in [-0.1, -0.05) is 0 Å². The van der Waals surface area contributed by atoms with Crippen molar-refractivity contribution in [2.75, 3.05) is 24.7 Å². The van der Waals surface area contributed by atoms with Crippen molar-refractivity contribution in [3.63, 3.8) is 0 Å². The second kappa shape index (κ2) is 6.19. The predicted octanol–water partition coefficient (Wildman–Crippen LogP) is 1.44. The van der Waals surface area contributed by atoms with Gasteiger partial charge in [-0.05, 0) is 26.7 Å². The molecule has 0 aromatic rings. The summed E-state index contributed by atoms with van der Waals surface area (Å²) < 4.78 is 31.0. The Morgan fingerprint density at radius 2 is 1.81 bits per heavy atom. The van der Waals surface area contributed by atoms with E-state index in [1.807, 2.05) is 13.8 Å². The van der Waals surface area contributed by atoms with Crippen molar-refractivity contribution in [3.8, 4) is 0 Å². The highest BCUT2D eigenvalue weighted by Crippen LogP contribution is 2.15. The average molecular weight is 270 g/mol. The highest BCUT2D eigenvalue weighted by Gasteiger charge is 2.30. The lowest BCUT2D eigenvalue weighted by atomic mass is 10.3. The molecule has 0 radical (unpaired) electrons. The molecule has 1 fully saturated rings. The molecule has 0 saturated carbocycles. The molecule has 0 amide bonds. The van der Waals surface area contributed by atoms with Crippen LogP contribution in [0.2, 0.25) is 0 Å². The van der Waals surface area contributed by atoms with Crippen LogP contribution in [-0.2, 0) is 14.8 Å². The van der Waals surface area contributed by atoms with Gasteiger partial charge in [0.25, 0.3) is 0 Å². The van der Waals surface area contributed by atoms with E-state index in [0.29, 0.717) is 25.4 Å². The first-order chi connectivity index (χ1) is 7.45. The van der Waals surface area contributed by atoms with E-state index in [0.717, 1.165) is 6.42 Å². The van der Waals surface area contributed by atoms with Crippen LogP contribution in [0.15, 0.2) is 0 Å². The first-order valence-corrected chi connectivity index (χ1v) is 7.79. The van der Waals surface area contributed by atoms with Crippen LogP contribution in [0.1, 0.15) is 26.7 Å². The topological polar surface area (TPSA) is 46.6 Å². The Morgan fingerprint density at radius 1 is 1.25 bits per heavy atom. The van der Waals surface area contributed by atoms with Gasteiger partial charge in [0.05, 0.1) is 18.0 Å². The van der Waals surface area contributed by atoms with Crippen LogP contribution in [0.3, 0.4) is 0 Å². The number of nitrogens with zero attached hydrogens (tertiary/aromatic N) is 1. The van der Waals surface area contributed by atoms with Crippen molar-refractivity contribution < 1.29 is 13.2 Å². The zero-order chi connectivity index (χ0) is 12.2. The number of halogens is 1. The number of sulfonamides is 1. The summed E-state index contributed by atoms with van der Waals surface area (Å²) in [5.41, 5.74) is 0. The van der Waals surface area contributed by atoms with Crippen LogP contribution in [0.4, 0.5) is 0 Å². The molecule has 0 aromatic carbocycles. The summed E-state index contributed by atoms with van der Waals surface area (Å²) in [7, 11) is -3.13. The fourth-order valence-electron chi connectivity index (χ4n) is 1.87. The van der Waals surface area contributed by atoms with Gasteiger partial charge in [-0.25, -0.2) is 8.42 Å². The molecule has 4 nitrogen and oxygen atoms in total. The monoisotopic (exact) mass is 269 g/mol. The number of unbranched alkanes of at least 4 members (excludes halogenated alkanes) is 1. The summed E-state index contributed by atoms with van der Waals surface area (Å²) in [6.45, 7) is 4.73. The Bertz CT molecular complexity index is 297. The molecule has 0 unspecified atom stereocenters. The molecule has 0 spiro atoms. The van der Waals surface area contributed by atoms with Crippen molar-refractivity contribution in [2.45, 2.75) is 38.9 Å². The summed E-state index contributed by atoms with van der Waals surface area (Å²) in [5.74, 6) is 0.713. The summed E-state index contributed by atoms with van der Waals surface area (Å²) in [6.07, 6.45) is 1.33. The molecule has 1 saturated heterocycles. The summed E-state index contributed by atoms with van der Waals surface area (Å²) in [5, 5.41) is 0. The van der Waals surface area contributed by atoms with E-state index in [-0.39, 0.29) is 18.0 Å². The van der Waals surface area contributed by atoms with E-state index in [4.69, 9.17) is 16.3 Å². The molecule has 16 heavy (non-hydrogen) atoms. The van der Waals surface area contributed by atoms with Crippen LogP contribution in [0.5, 0.6) is 0 Å². The van der Waals surface area contributed by atoms with E-state index in [9.17, 15) is 8.42 Å². The molecular formula is C10H20ClNO3S. The van der Waals surface area contributed by atoms with E-state index in [1.165, 1.54) is 0 Å². The third kappa shape index (κ3) is 4.20. The minimum absolute atomic E-state index is 0.0217. The molecule has 1 rings (SSSR count). The Labute approximate surface area is 103 Å². The van der Waals surface area contributed by atoms with E-state index in [1.54, 1.807) is 4.31 Å². The first kappa shape index (κ1) is 14.2. The maximum atomic E-state index is 12.0. The quantitative estimate of drug-likeness (QED) is 0.561. The second-order valence-electron chi connectivity index (χ2n) is 4.29. The molecule has 6 heteroatoms.